The van der Waals surface area contributed by atoms with Gasteiger partial charge in [-0.1, -0.05) is 29.8 Å². The quantitative estimate of drug-likeness (QED) is 0.273. The number of hydrogen-bond donors (Lipinski definition) is 2. The lowest BCUT2D eigenvalue weighted by atomic mass is 10.1. The average Bonchev–Trinajstić information content (AvgIpc) is 3.65. The number of nitrogens with zero attached hydrogens (tertiary/aromatic N) is 3. The molecule has 0 atom stereocenters. The average molecular weight is 549 g/mol. The summed E-state index contributed by atoms with van der Waals surface area (Å²) in [6.45, 7) is 0.815. The number of aliphatic imine (C=N–C) groups is 1. The lowest BCUT2D eigenvalue weighted by Gasteiger charge is -2.18. The SMILES string of the molecule is Cn1c(N=COc2cccc(OC(C)(F)F)c2)c(NCc2ccc(Cl)cc2)c(=O)n(CC2(CO)CC2)c1=O. The second-order valence-electron chi connectivity index (χ2n) is 9.31. The van der Waals surface area contributed by atoms with Crippen LogP contribution in [0.3, 0.4) is 0 Å². The van der Waals surface area contributed by atoms with Gasteiger partial charge in [0.05, 0.1) is 6.61 Å². The zero-order chi connectivity index (χ0) is 27.5. The molecular weight excluding hydrogens is 522 g/mol. The lowest BCUT2D eigenvalue weighted by Crippen LogP contribution is -2.42. The first-order chi connectivity index (χ1) is 18.0. The number of aromatic nitrogens is 2. The first-order valence-corrected chi connectivity index (χ1v) is 12.2. The minimum Gasteiger partial charge on any atom is -0.446 e. The molecule has 202 valence electrons. The minimum absolute atomic E-state index is 0.00607. The Balaban J connectivity index is 1.65. The van der Waals surface area contributed by atoms with Crippen LogP contribution in [0.15, 0.2) is 63.1 Å². The molecule has 12 heteroatoms. The summed E-state index contributed by atoms with van der Waals surface area (Å²) in [5, 5.41) is 13.4. The van der Waals surface area contributed by atoms with Crippen molar-refractivity contribution in [3.8, 4) is 11.5 Å². The van der Waals surface area contributed by atoms with Gasteiger partial charge in [0.1, 0.15) is 17.2 Å². The van der Waals surface area contributed by atoms with E-state index in [1.54, 1.807) is 24.3 Å². The number of alkyl halides is 2. The fourth-order valence-corrected chi connectivity index (χ4v) is 3.95. The Labute approximate surface area is 221 Å². The highest BCUT2D eigenvalue weighted by molar-refractivity contribution is 6.30. The van der Waals surface area contributed by atoms with E-state index in [1.165, 1.54) is 35.9 Å². The highest BCUT2D eigenvalue weighted by Crippen LogP contribution is 2.46. The van der Waals surface area contributed by atoms with Crippen molar-refractivity contribution in [1.82, 2.24) is 9.13 Å². The molecule has 0 saturated heterocycles. The Morgan fingerprint density at radius 2 is 1.87 bits per heavy atom. The zero-order valence-electron chi connectivity index (χ0n) is 20.8. The lowest BCUT2D eigenvalue weighted by molar-refractivity contribution is -0.158. The van der Waals surface area contributed by atoms with Gasteiger partial charge in [0.2, 0.25) is 0 Å². The summed E-state index contributed by atoms with van der Waals surface area (Å²) in [5.41, 5.74) is -0.786. The standard InChI is InChI=1S/C26H27ClF2N4O5/c1-25(28,29)38-20-5-3-4-19(12-20)37-16-31-22-21(30-13-17-6-8-18(27)9-7-17)23(35)33(24(36)32(22)2)14-26(15-34)10-11-26/h3-9,12,16,30,34H,10-11,13-15H2,1-2H3. The maximum absolute atomic E-state index is 13.5. The number of halogens is 3. The summed E-state index contributed by atoms with van der Waals surface area (Å²) in [7, 11) is 1.47. The Hall–Kier alpha value is -3.70. The number of anilines is 1. The van der Waals surface area contributed by atoms with Crippen LogP contribution in [0.4, 0.5) is 20.3 Å². The molecule has 0 bridgehead atoms. The molecule has 1 saturated carbocycles. The summed E-state index contributed by atoms with van der Waals surface area (Å²) in [5.74, 6) is 0.0521. The van der Waals surface area contributed by atoms with Gasteiger partial charge in [0.25, 0.3) is 5.56 Å². The maximum atomic E-state index is 13.5. The topological polar surface area (TPSA) is 107 Å². The van der Waals surface area contributed by atoms with E-state index in [0.29, 0.717) is 24.8 Å². The molecule has 1 aromatic heterocycles. The first kappa shape index (κ1) is 27.3. The molecule has 2 N–H and O–H groups in total. The van der Waals surface area contributed by atoms with Crippen LogP contribution in [-0.4, -0.2) is 33.4 Å². The third kappa shape index (κ3) is 6.59. The molecule has 1 fully saturated rings. The second kappa shape index (κ2) is 11.0. The number of rotatable bonds is 11. The molecule has 0 spiro atoms. The summed E-state index contributed by atoms with van der Waals surface area (Å²) in [4.78, 5) is 30.8. The molecule has 0 aliphatic heterocycles. The van der Waals surface area contributed by atoms with Gasteiger partial charge in [-0.3, -0.25) is 13.9 Å². The Bertz CT molecular complexity index is 1440. The highest BCUT2D eigenvalue weighted by atomic mass is 35.5. The van der Waals surface area contributed by atoms with Gasteiger partial charge < -0.3 is 19.9 Å². The predicted molar refractivity (Wildman–Crippen MR) is 140 cm³/mol. The summed E-state index contributed by atoms with van der Waals surface area (Å²) < 4.78 is 38.6. The van der Waals surface area contributed by atoms with Crippen molar-refractivity contribution in [1.29, 1.82) is 0 Å². The van der Waals surface area contributed by atoms with Crippen molar-refractivity contribution < 1.29 is 23.4 Å². The van der Waals surface area contributed by atoms with Crippen molar-refractivity contribution in [2.24, 2.45) is 17.5 Å². The van der Waals surface area contributed by atoms with Crippen molar-refractivity contribution >= 4 is 29.5 Å². The van der Waals surface area contributed by atoms with Crippen LogP contribution in [0, 0.1) is 5.41 Å². The van der Waals surface area contributed by atoms with E-state index in [0.717, 1.165) is 16.5 Å². The van der Waals surface area contributed by atoms with E-state index in [4.69, 9.17) is 16.3 Å². The monoisotopic (exact) mass is 548 g/mol. The van der Waals surface area contributed by atoms with Gasteiger partial charge in [-0.2, -0.15) is 13.8 Å². The fraction of sp³-hybridized carbons (Fsp3) is 0.346. The van der Waals surface area contributed by atoms with Crippen LogP contribution in [0.5, 0.6) is 11.5 Å². The molecule has 9 nitrogen and oxygen atoms in total. The Morgan fingerprint density at radius 1 is 1.18 bits per heavy atom. The molecule has 3 aromatic rings. The van der Waals surface area contributed by atoms with Crippen LogP contribution in [0.2, 0.25) is 5.02 Å². The molecule has 1 aliphatic carbocycles. The molecular formula is C26H27ClF2N4O5. The van der Waals surface area contributed by atoms with E-state index in [-0.39, 0.29) is 42.7 Å². The second-order valence-corrected chi connectivity index (χ2v) is 9.74. The van der Waals surface area contributed by atoms with E-state index in [1.807, 2.05) is 0 Å². The van der Waals surface area contributed by atoms with Gasteiger partial charge in [0, 0.05) is 43.6 Å². The van der Waals surface area contributed by atoms with Crippen molar-refractivity contribution in [2.75, 3.05) is 11.9 Å². The van der Waals surface area contributed by atoms with E-state index >= 15 is 0 Å². The van der Waals surface area contributed by atoms with Crippen molar-refractivity contribution in [2.45, 2.75) is 39.0 Å². The fourth-order valence-electron chi connectivity index (χ4n) is 3.83. The largest absolute Gasteiger partial charge is 0.446 e. The van der Waals surface area contributed by atoms with E-state index in [2.05, 4.69) is 15.0 Å². The number of benzene rings is 2. The number of hydrogen-bond acceptors (Lipinski definition) is 7. The van der Waals surface area contributed by atoms with Gasteiger partial charge in [-0.25, -0.2) is 4.79 Å². The maximum Gasteiger partial charge on any atom is 0.394 e. The van der Waals surface area contributed by atoms with Gasteiger partial charge in [-0.15, -0.1) is 0 Å². The molecule has 1 heterocycles. The van der Waals surface area contributed by atoms with E-state index < -0.39 is 22.8 Å². The van der Waals surface area contributed by atoms with Crippen LogP contribution in [0.25, 0.3) is 0 Å². The third-order valence-corrected chi connectivity index (χ3v) is 6.41. The van der Waals surface area contributed by atoms with Gasteiger partial charge in [0.15, 0.2) is 12.2 Å². The van der Waals surface area contributed by atoms with Crippen LogP contribution < -0.4 is 26.0 Å². The minimum atomic E-state index is -3.37. The normalized spacial score (nSPS) is 14.5. The molecule has 1 aliphatic rings. The zero-order valence-corrected chi connectivity index (χ0v) is 21.5. The molecule has 2 aromatic carbocycles. The summed E-state index contributed by atoms with van der Waals surface area (Å²) in [6, 6.07) is 12.6. The highest BCUT2D eigenvalue weighted by Gasteiger charge is 2.43. The number of aliphatic hydroxyl groups excluding tert-OH is 1. The van der Waals surface area contributed by atoms with E-state index in [9.17, 15) is 23.5 Å². The van der Waals surface area contributed by atoms with Crippen LogP contribution in [-0.2, 0) is 20.1 Å². The van der Waals surface area contributed by atoms with Gasteiger partial charge >= 0.3 is 11.8 Å². The summed E-state index contributed by atoms with van der Waals surface area (Å²) >= 11 is 5.96. The Kier molecular flexibility index (Phi) is 7.89. The van der Waals surface area contributed by atoms with Crippen LogP contribution in [0.1, 0.15) is 25.3 Å². The molecule has 4 rings (SSSR count). The van der Waals surface area contributed by atoms with Crippen molar-refractivity contribution in [3.05, 3.63) is 80.0 Å². The molecule has 0 radical (unpaired) electrons. The number of nitrogens with one attached hydrogen (secondary N) is 1. The third-order valence-electron chi connectivity index (χ3n) is 6.15. The smallest absolute Gasteiger partial charge is 0.394 e. The molecule has 0 unspecified atom stereocenters. The van der Waals surface area contributed by atoms with Crippen LogP contribution >= 0.6 is 11.6 Å². The van der Waals surface area contributed by atoms with Crippen molar-refractivity contribution in [3.63, 3.8) is 0 Å². The summed E-state index contributed by atoms with van der Waals surface area (Å²) in [6.07, 6.45) is -0.930. The molecule has 38 heavy (non-hydrogen) atoms. The first-order valence-electron chi connectivity index (χ1n) is 11.8. The Morgan fingerprint density at radius 3 is 2.50 bits per heavy atom. The number of ether oxygens (including phenoxy) is 2. The van der Waals surface area contributed by atoms with Gasteiger partial charge in [-0.05, 0) is 42.7 Å². The number of aliphatic hydroxyl groups is 1. The predicted octanol–water partition coefficient (Wildman–Crippen LogP) is 4.32. The molecule has 0 amide bonds.